The monoisotopic (exact) mass is 468 g/mol. The van der Waals surface area contributed by atoms with Crippen LogP contribution in [0.25, 0.3) is 6.08 Å². The first kappa shape index (κ1) is 21.9. The fraction of sp³-hybridized carbons (Fsp3) is 0.217. The van der Waals surface area contributed by atoms with Crippen molar-refractivity contribution in [1.29, 1.82) is 0 Å². The van der Waals surface area contributed by atoms with E-state index in [-0.39, 0.29) is 12.2 Å². The van der Waals surface area contributed by atoms with Crippen LogP contribution in [0.4, 0.5) is 0 Å². The summed E-state index contributed by atoms with van der Waals surface area (Å²) >= 11 is 2.74. The summed E-state index contributed by atoms with van der Waals surface area (Å²) in [6.07, 6.45) is 1.76. The molecule has 0 radical (unpaired) electrons. The first-order valence-corrected chi connectivity index (χ1v) is 11.6. The van der Waals surface area contributed by atoms with Gasteiger partial charge in [0.15, 0.2) is 4.80 Å². The average Bonchev–Trinajstić information content (AvgIpc) is 3.37. The van der Waals surface area contributed by atoms with E-state index >= 15 is 0 Å². The molecule has 0 fully saturated rings. The predicted molar refractivity (Wildman–Crippen MR) is 122 cm³/mol. The van der Waals surface area contributed by atoms with Gasteiger partial charge in [0.05, 0.1) is 22.4 Å². The number of allylic oxidation sites excluding steroid dienone is 1. The molecule has 1 aliphatic rings. The highest BCUT2D eigenvalue weighted by Gasteiger charge is 2.33. The first-order valence-electron chi connectivity index (χ1n) is 9.90. The quantitative estimate of drug-likeness (QED) is 0.425. The van der Waals surface area contributed by atoms with Gasteiger partial charge in [0, 0.05) is 11.8 Å². The Morgan fingerprint density at radius 2 is 1.97 bits per heavy atom. The summed E-state index contributed by atoms with van der Waals surface area (Å²) in [5.41, 5.74) is 1.46. The van der Waals surface area contributed by atoms with Crippen molar-refractivity contribution in [3.8, 4) is 5.75 Å². The lowest BCUT2D eigenvalue weighted by atomic mass is 10.0. The molecule has 7 nitrogen and oxygen atoms in total. The molecule has 1 aliphatic heterocycles. The largest absolute Gasteiger partial charge is 0.463 e. The van der Waals surface area contributed by atoms with Gasteiger partial charge in [0.2, 0.25) is 0 Å². The lowest BCUT2D eigenvalue weighted by Crippen LogP contribution is -2.39. The molecule has 0 spiro atoms. The van der Waals surface area contributed by atoms with E-state index in [1.54, 1.807) is 48.8 Å². The number of hydrogen-bond acceptors (Lipinski definition) is 8. The second kappa shape index (κ2) is 9.05. The van der Waals surface area contributed by atoms with Crippen LogP contribution in [0.3, 0.4) is 0 Å². The zero-order valence-corrected chi connectivity index (χ0v) is 19.3. The third kappa shape index (κ3) is 4.21. The van der Waals surface area contributed by atoms with Crippen LogP contribution < -0.4 is 19.6 Å². The molecule has 1 unspecified atom stereocenters. The molecular weight excluding hydrogens is 448 g/mol. The first-order chi connectivity index (χ1) is 15.4. The molecule has 9 heteroatoms. The van der Waals surface area contributed by atoms with Crippen LogP contribution in [0.15, 0.2) is 62.8 Å². The van der Waals surface area contributed by atoms with Crippen molar-refractivity contribution in [2.45, 2.75) is 26.8 Å². The van der Waals surface area contributed by atoms with Crippen LogP contribution in [0.1, 0.15) is 37.3 Å². The molecule has 1 atom stereocenters. The van der Waals surface area contributed by atoms with Crippen molar-refractivity contribution >= 4 is 40.7 Å². The standard InChI is InChI=1S/C23H20N2O5S2/c1-4-29-22(28)19-13(2)24-23-25(20(19)17-6-5-11-31-17)21(27)18(32-23)12-15-7-9-16(10-8-15)30-14(3)26/h5-12,20H,4H2,1-3H3/b18-12-. The number of nitrogens with zero attached hydrogens (tertiary/aromatic N) is 2. The highest BCUT2D eigenvalue weighted by atomic mass is 32.1. The molecule has 32 heavy (non-hydrogen) atoms. The SMILES string of the molecule is CCOC(=O)C1=C(C)N=c2s/c(=C\c3ccc(OC(C)=O)cc3)c(=O)n2C1c1cccs1. The Balaban J connectivity index is 1.83. The van der Waals surface area contributed by atoms with Gasteiger partial charge < -0.3 is 9.47 Å². The minimum Gasteiger partial charge on any atom is -0.463 e. The van der Waals surface area contributed by atoms with E-state index in [9.17, 15) is 14.4 Å². The van der Waals surface area contributed by atoms with Gasteiger partial charge in [-0.15, -0.1) is 11.3 Å². The third-order valence-electron chi connectivity index (χ3n) is 4.77. The van der Waals surface area contributed by atoms with Crippen molar-refractivity contribution < 1.29 is 19.1 Å². The molecule has 164 valence electrons. The molecule has 0 aliphatic carbocycles. The maximum absolute atomic E-state index is 13.4. The normalized spacial score (nSPS) is 15.8. The average molecular weight is 469 g/mol. The van der Waals surface area contributed by atoms with Gasteiger partial charge in [-0.2, -0.15) is 0 Å². The number of carbonyl (C=O) groups excluding carboxylic acids is 2. The summed E-state index contributed by atoms with van der Waals surface area (Å²) in [6.45, 7) is 5.08. The van der Waals surface area contributed by atoms with Gasteiger partial charge in [0.25, 0.3) is 5.56 Å². The second-order valence-electron chi connectivity index (χ2n) is 6.98. The smallest absolute Gasteiger partial charge is 0.338 e. The maximum atomic E-state index is 13.4. The van der Waals surface area contributed by atoms with Gasteiger partial charge in [-0.25, -0.2) is 9.79 Å². The van der Waals surface area contributed by atoms with E-state index in [0.717, 1.165) is 10.4 Å². The highest BCUT2D eigenvalue weighted by Crippen LogP contribution is 2.33. The molecule has 0 bridgehead atoms. The van der Waals surface area contributed by atoms with Gasteiger partial charge in [-0.1, -0.05) is 29.5 Å². The van der Waals surface area contributed by atoms with E-state index in [0.29, 0.717) is 26.4 Å². The summed E-state index contributed by atoms with van der Waals surface area (Å²) in [6, 6.07) is 10.1. The Hall–Kier alpha value is -3.30. The summed E-state index contributed by atoms with van der Waals surface area (Å²) in [5.74, 6) is -0.432. The molecular formula is C23H20N2O5S2. The van der Waals surface area contributed by atoms with Gasteiger partial charge in [-0.05, 0) is 49.1 Å². The Bertz CT molecular complexity index is 1380. The van der Waals surface area contributed by atoms with Crippen molar-refractivity contribution in [1.82, 2.24) is 4.57 Å². The van der Waals surface area contributed by atoms with Crippen LogP contribution in [0, 0.1) is 0 Å². The third-order valence-corrected chi connectivity index (χ3v) is 6.68. The number of fused-ring (bicyclic) bond motifs is 1. The van der Waals surface area contributed by atoms with Crippen molar-refractivity contribution in [2.24, 2.45) is 4.99 Å². The minimum absolute atomic E-state index is 0.231. The lowest BCUT2D eigenvalue weighted by molar-refractivity contribution is -0.139. The Morgan fingerprint density at radius 3 is 2.59 bits per heavy atom. The second-order valence-corrected chi connectivity index (χ2v) is 8.97. The minimum atomic E-state index is -0.584. The Labute approximate surface area is 191 Å². The van der Waals surface area contributed by atoms with Crippen molar-refractivity contribution in [3.05, 3.63) is 83.2 Å². The molecule has 0 amide bonds. The molecule has 4 rings (SSSR count). The molecule has 0 saturated carbocycles. The lowest BCUT2D eigenvalue weighted by Gasteiger charge is -2.23. The highest BCUT2D eigenvalue weighted by molar-refractivity contribution is 7.10. The van der Waals surface area contributed by atoms with Crippen LogP contribution in [0.5, 0.6) is 5.75 Å². The van der Waals surface area contributed by atoms with Gasteiger partial charge in [-0.3, -0.25) is 14.2 Å². The number of thiazole rings is 1. The predicted octanol–water partition coefficient (Wildman–Crippen LogP) is 2.79. The van der Waals surface area contributed by atoms with Crippen molar-refractivity contribution in [3.63, 3.8) is 0 Å². The summed E-state index contributed by atoms with van der Waals surface area (Å²) in [7, 11) is 0. The summed E-state index contributed by atoms with van der Waals surface area (Å²) in [5, 5.41) is 1.91. The fourth-order valence-electron chi connectivity index (χ4n) is 3.46. The zero-order chi connectivity index (χ0) is 22.8. The van der Waals surface area contributed by atoms with Crippen molar-refractivity contribution in [2.75, 3.05) is 6.61 Å². The number of esters is 2. The number of carbonyl (C=O) groups is 2. The van der Waals surface area contributed by atoms with Crippen LogP contribution in [-0.4, -0.2) is 23.1 Å². The Kier molecular flexibility index (Phi) is 6.20. The molecule has 0 saturated heterocycles. The van der Waals surface area contributed by atoms with E-state index in [2.05, 4.69) is 4.99 Å². The van der Waals surface area contributed by atoms with E-state index < -0.39 is 18.0 Å². The number of benzene rings is 1. The number of ether oxygens (including phenoxy) is 2. The van der Waals surface area contributed by atoms with Crippen LogP contribution in [-0.2, 0) is 14.3 Å². The molecule has 2 aromatic heterocycles. The van der Waals surface area contributed by atoms with E-state index in [1.165, 1.54) is 29.6 Å². The fourth-order valence-corrected chi connectivity index (χ4v) is 5.33. The molecule has 0 N–H and O–H groups in total. The van der Waals surface area contributed by atoms with Crippen LogP contribution in [0.2, 0.25) is 0 Å². The summed E-state index contributed by atoms with van der Waals surface area (Å²) in [4.78, 5) is 43.2. The number of rotatable bonds is 5. The number of aromatic nitrogens is 1. The number of thiophene rings is 1. The Morgan fingerprint density at radius 1 is 1.22 bits per heavy atom. The summed E-state index contributed by atoms with van der Waals surface area (Å²) < 4.78 is 12.4. The molecule has 3 heterocycles. The van der Waals surface area contributed by atoms with E-state index in [1.807, 2.05) is 17.5 Å². The van der Waals surface area contributed by atoms with Crippen LogP contribution >= 0.6 is 22.7 Å². The topological polar surface area (TPSA) is 87.0 Å². The van der Waals surface area contributed by atoms with Gasteiger partial charge in [0.1, 0.15) is 11.8 Å². The zero-order valence-electron chi connectivity index (χ0n) is 17.7. The molecule has 1 aromatic carbocycles. The van der Waals surface area contributed by atoms with Gasteiger partial charge >= 0.3 is 11.9 Å². The van der Waals surface area contributed by atoms with E-state index in [4.69, 9.17) is 9.47 Å². The molecule has 3 aromatic rings. The maximum Gasteiger partial charge on any atom is 0.338 e. The number of hydrogen-bond donors (Lipinski definition) is 0.